The molecule has 0 saturated carbocycles. The summed E-state index contributed by atoms with van der Waals surface area (Å²) in [5.41, 5.74) is 0.190. The maximum Gasteiger partial charge on any atom is 0.469 e. The van der Waals surface area contributed by atoms with Crippen LogP contribution in [0.25, 0.3) is 11.3 Å². The Morgan fingerprint density at radius 2 is 2.00 bits per heavy atom. The molecule has 3 N–H and O–H groups in total. The average Bonchev–Trinajstić information content (AvgIpc) is 3.49. The number of hydrogen-bond acceptors (Lipinski definition) is 9. The predicted octanol–water partition coefficient (Wildman–Crippen LogP) is 1.36. The van der Waals surface area contributed by atoms with E-state index in [0.29, 0.717) is 5.69 Å². The van der Waals surface area contributed by atoms with E-state index in [2.05, 4.69) is 14.2 Å². The third-order valence-electron chi connectivity index (χ3n) is 5.31. The molecular formula is C21H20F2N3O10P. The number of ether oxygens (including phenoxy) is 1. The number of phosphoric ester groups is 1. The molecule has 16 heteroatoms. The van der Waals surface area contributed by atoms with Crippen LogP contribution in [0.15, 0.2) is 50.5 Å². The van der Waals surface area contributed by atoms with Crippen molar-refractivity contribution in [2.75, 3.05) is 19.7 Å². The van der Waals surface area contributed by atoms with Crippen LogP contribution in [0.5, 0.6) is 5.95 Å². The highest BCUT2D eigenvalue weighted by molar-refractivity contribution is 7.46. The molecular weight excluding hydrogens is 523 g/mol. The van der Waals surface area contributed by atoms with Gasteiger partial charge in [-0.2, -0.15) is 0 Å². The van der Waals surface area contributed by atoms with Crippen LogP contribution in [0.2, 0.25) is 0 Å². The summed E-state index contributed by atoms with van der Waals surface area (Å²) in [6.07, 6.45) is 2.05. The molecule has 1 amide bonds. The highest BCUT2D eigenvalue weighted by atomic mass is 31.2. The van der Waals surface area contributed by atoms with E-state index in [1.54, 1.807) is 0 Å². The lowest BCUT2D eigenvalue weighted by molar-refractivity contribution is -0.141. The summed E-state index contributed by atoms with van der Waals surface area (Å²) in [6, 6.07) is 3.42. The Hall–Kier alpha value is -3.62. The molecule has 3 aromatic rings. The molecule has 0 saturated heterocycles. The lowest BCUT2D eigenvalue weighted by Gasteiger charge is -2.28. The van der Waals surface area contributed by atoms with Crippen LogP contribution in [0.4, 0.5) is 8.78 Å². The summed E-state index contributed by atoms with van der Waals surface area (Å²) in [7, 11) is -4.87. The van der Waals surface area contributed by atoms with Crippen LogP contribution < -0.4 is 10.5 Å². The van der Waals surface area contributed by atoms with E-state index < -0.39 is 43.8 Å². The van der Waals surface area contributed by atoms with Crippen LogP contribution in [-0.2, 0) is 20.5 Å². The maximum absolute atomic E-state index is 15.0. The van der Waals surface area contributed by atoms with Crippen LogP contribution in [0.1, 0.15) is 17.7 Å². The third-order valence-corrected chi connectivity index (χ3v) is 5.79. The number of aromatic nitrogens is 2. The molecule has 1 unspecified atom stereocenters. The van der Waals surface area contributed by atoms with Gasteiger partial charge in [0.1, 0.15) is 30.2 Å². The second kappa shape index (κ2) is 10.8. The number of carbonyl (C=O) groups excluding carboxylic acids is 1. The molecule has 13 nitrogen and oxygen atoms in total. The van der Waals surface area contributed by atoms with E-state index in [-0.39, 0.29) is 48.9 Å². The summed E-state index contributed by atoms with van der Waals surface area (Å²) >= 11 is 0. The number of carbonyl (C=O) groups is 1. The lowest BCUT2D eigenvalue weighted by atomic mass is 9.97. The third kappa shape index (κ3) is 6.39. The van der Waals surface area contributed by atoms with Gasteiger partial charge >= 0.3 is 19.5 Å². The first-order valence-electron chi connectivity index (χ1n) is 10.6. The fourth-order valence-electron chi connectivity index (χ4n) is 3.58. The molecule has 3 heterocycles. The van der Waals surface area contributed by atoms with E-state index in [4.69, 9.17) is 18.9 Å². The van der Waals surface area contributed by atoms with Gasteiger partial charge in [0.15, 0.2) is 6.10 Å². The van der Waals surface area contributed by atoms with Crippen molar-refractivity contribution >= 4 is 19.3 Å². The van der Waals surface area contributed by atoms with Gasteiger partial charge in [-0.3, -0.25) is 9.32 Å². The Morgan fingerprint density at radius 1 is 1.27 bits per heavy atom. The molecule has 0 spiro atoms. The Bertz CT molecular complexity index is 1390. The summed E-state index contributed by atoms with van der Waals surface area (Å²) in [6.45, 7) is -1.12. The van der Waals surface area contributed by atoms with Crippen molar-refractivity contribution in [3.63, 3.8) is 0 Å². The number of halogens is 2. The smallest absolute Gasteiger partial charge is 0.457 e. The quantitative estimate of drug-likeness (QED) is 0.332. The van der Waals surface area contributed by atoms with Crippen molar-refractivity contribution in [3.05, 3.63) is 70.2 Å². The van der Waals surface area contributed by atoms with Crippen LogP contribution >= 0.6 is 7.82 Å². The fourth-order valence-corrected chi connectivity index (χ4v) is 3.91. The largest absolute Gasteiger partial charge is 0.469 e. The molecule has 1 atom stereocenters. The van der Waals surface area contributed by atoms with Crippen molar-refractivity contribution in [1.82, 2.24) is 14.6 Å². The number of hydrogen-bond donors (Lipinski definition) is 3. The fraction of sp³-hybridized carbons (Fsp3) is 0.286. The summed E-state index contributed by atoms with van der Waals surface area (Å²) in [5, 5.41) is 13.4. The zero-order valence-electron chi connectivity index (χ0n) is 18.8. The number of aliphatic hydroxyl groups excluding tert-OH is 1. The second-order valence-electron chi connectivity index (χ2n) is 7.82. The van der Waals surface area contributed by atoms with Crippen molar-refractivity contribution < 1.29 is 51.2 Å². The minimum absolute atomic E-state index is 0.0221. The number of rotatable bonds is 9. The number of amides is 1. The Morgan fingerprint density at radius 3 is 2.59 bits per heavy atom. The molecule has 1 aliphatic rings. The SMILES string of the molecule is O=C(C(O)COP(=O)(O)O)N1CC=C(c2c(F)cc(-n3cc(OCc4ccon4)oc3=O)cc2F)CC1. The van der Waals surface area contributed by atoms with E-state index in [1.807, 2.05) is 0 Å². The lowest BCUT2D eigenvalue weighted by Crippen LogP contribution is -2.43. The number of phosphoric acid groups is 1. The van der Waals surface area contributed by atoms with Gasteiger partial charge in [0.25, 0.3) is 5.91 Å². The van der Waals surface area contributed by atoms with Gasteiger partial charge in [0.2, 0.25) is 0 Å². The first kappa shape index (κ1) is 26.4. The molecule has 2 aromatic heterocycles. The van der Waals surface area contributed by atoms with Gasteiger partial charge in [-0.05, 0) is 24.1 Å². The number of aliphatic hydroxyl groups is 1. The van der Waals surface area contributed by atoms with Crippen molar-refractivity contribution in [2.45, 2.75) is 19.1 Å². The van der Waals surface area contributed by atoms with Crippen LogP contribution in [0, 0.1) is 11.6 Å². The average molecular weight is 543 g/mol. The molecule has 37 heavy (non-hydrogen) atoms. The first-order chi connectivity index (χ1) is 17.5. The first-order valence-corrected chi connectivity index (χ1v) is 12.1. The topological polar surface area (TPSA) is 178 Å². The minimum Gasteiger partial charge on any atom is -0.457 e. The number of nitrogens with zero attached hydrogens (tertiary/aromatic N) is 3. The van der Waals surface area contributed by atoms with Crippen LogP contribution in [0.3, 0.4) is 0 Å². The van der Waals surface area contributed by atoms with Gasteiger partial charge in [-0.1, -0.05) is 11.2 Å². The van der Waals surface area contributed by atoms with Gasteiger partial charge in [-0.25, -0.2) is 22.7 Å². The molecule has 198 valence electrons. The van der Waals surface area contributed by atoms with E-state index in [1.165, 1.54) is 18.4 Å². The molecule has 4 rings (SSSR count). The van der Waals surface area contributed by atoms with Gasteiger partial charge < -0.3 is 33.5 Å². The summed E-state index contributed by atoms with van der Waals surface area (Å²) in [5.74, 6) is -3.93. The number of benzene rings is 1. The Kier molecular flexibility index (Phi) is 7.71. The van der Waals surface area contributed by atoms with Gasteiger partial charge in [-0.15, -0.1) is 0 Å². The highest BCUT2D eigenvalue weighted by Gasteiger charge is 2.28. The Balaban J connectivity index is 1.46. The van der Waals surface area contributed by atoms with Crippen molar-refractivity contribution in [3.8, 4) is 11.6 Å². The van der Waals surface area contributed by atoms with Gasteiger partial charge in [0.05, 0.1) is 18.5 Å². The van der Waals surface area contributed by atoms with E-state index in [9.17, 15) is 28.0 Å². The van der Waals surface area contributed by atoms with Gasteiger partial charge in [0, 0.05) is 24.7 Å². The number of oxazole rings is 1. The standard InChI is InChI=1S/C21H20F2N3O10P/c22-15-7-14(26-9-18(36-21(26)29)33-10-13-3-6-34-24-13)8-16(23)19(15)12-1-4-25(5-2-12)20(28)17(27)11-35-37(30,31)32/h1,3,6-9,17,27H,2,4-5,10-11H2,(H2,30,31,32). The molecule has 0 radical (unpaired) electrons. The summed E-state index contributed by atoms with van der Waals surface area (Å²) < 4.78 is 60.5. The van der Waals surface area contributed by atoms with Crippen LogP contribution in [-0.4, -0.2) is 61.2 Å². The predicted molar refractivity (Wildman–Crippen MR) is 118 cm³/mol. The maximum atomic E-state index is 15.0. The molecule has 0 aliphatic carbocycles. The molecule has 1 aromatic carbocycles. The van der Waals surface area contributed by atoms with E-state index in [0.717, 1.165) is 27.8 Å². The van der Waals surface area contributed by atoms with E-state index >= 15 is 0 Å². The monoisotopic (exact) mass is 543 g/mol. The molecule has 1 aliphatic heterocycles. The molecule has 0 bridgehead atoms. The summed E-state index contributed by atoms with van der Waals surface area (Å²) in [4.78, 5) is 42.9. The zero-order valence-corrected chi connectivity index (χ0v) is 19.7. The minimum atomic E-state index is -4.87. The molecule has 0 fully saturated rings. The van der Waals surface area contributed by atoms with Crippen molar-refractivity contribution in [1.29, 1.82) is 0 Å². The zero-order chi connectivity index (χ0) is 26.7. The highest BCUT2D eigenvalue weighted by Crippen LogP contribution is 2.36. The second-order valence-corrected chi connectivity index (χ2v) is 9.06. The Labute approximate surface area is 206 Å². The van der Waals surface area contributed by atoms with Crippen molar-refractivity contribution in [2.24, 2.45) is 0 Å². The normalized spacial score (nSPS) is 14.9.